The average molecular weight is 326 g/mol. The van der Waals surface area contributed by atoms with Crippen molar-refractivity contribution < 1.29 is 9.53 Å². The van der Waals surface area contributed by atoms with Crippen LogP contribution in [0.5, 0.6) is 0 Å². The molecule has 0 aliphatic carbocycles. The van der Waals surface area contributed by atoms with Crippen molar-refractivity contribution in [2.24, 2.45) is 0 Å². The SMILES string of the molecule is COC(=O)CCCCCCCCCC=CCCCCNC(C)C. The molecule has 0 fully saturated rings. The van der Waals surface area contributed by atoms with E-state index >= 15 is 0 Å². The Balaban J connectivity index is 3.12. The molecule has 1 N–H and O–H groups in total. The molecule has 0 bridgehead atoms. The van der Waals surface area contributed by atoms with E-state index in [0.717, 1.165) is 19.4 Å². The van der Waals surface area contributed by atoms with Gasteiger partial charge in [-0.2, -0.15) is 0 Å². The molecule has 0 amide bonds. The number of allylic oxidation sites excluding steroid dienone is 2. The maximum absolute atomic E-state index is 10.9. The van der Waals surface area contributed by atoms with Gasteiger partial charge in [-0.15, -0.1) is 0 Å². The van der Waals surface area contributed by atoms with E-state index in [9.17, 15) is 4.79 Å². The molecule has 0 spiro atoms. The molecule has 0 saturated carbocycles. The summed E-state index contributed by atoms with van der Waals surface area (Å²) in [6.45, 7) is 5.54. The van der Waals surface area contributed by atoms with Crippen LogP contribution in [0.25, 0.3) is 0 Å². The maximum Gasteiger partial charge on any atom is 0.305 e. The summed E-state index contributed by atoms with van der Waals surface area (Å²) < 4.78 is 4.63. The van der Waals surface area contributed by atoms with Gasteiger partial charge in [0.1, 0.15) is 0 Å². The third-order valence-corrected chi connectivity index (χ3v) is 4.00. The smallest absolute Gasteiger partial charge is 0.305 e. The van der Waals surface area contributed by atoms with E-state index in [2.05, 4.69) is 36.1 Å². The predicted molar refractivity (Wildman–Crippen MR) is 99.7 cm³/mol. The highest BCUT2D eigenvalue weighted by atomic mass is 16.5. The zero-order valence-corrected chi connectivity index (χ0v) is 15.7. The van der Waals surface area contributed by atoms with E-state index in [1.165, 1.54) is 64.9 Å². The molecule has 136 valence electrons. The molecule has 0 heterocycles. The molecule has 0 aliphatic rings. The number of ether oxygens (including phenoxy) is 1. The summed E-state index contributed by atoms with van der Waals surface area (Å²) in [6.07, 6.45) is 18.9. The minimum atomic E-state index is -0.0760. The van der Waals surface area contributed by atoms with Gasteiger partial charge in [0.05, 0.1) is 7.11 Å². The molecule has 0 aromatic heterocycles. The number of carbonyl (C=O) groups excluding carboxylic acids is 1. The lowest BCUT2D eigenvalue weighted by molar-refractivity contribution is -0.140. The maximum atomic E-state index is 10.9. The molecule has 0 atom stereocenters. The van der Waals surface area contributed by atoms with E-state index in [1.54, 1.807) is 0 Å². The first-order chi connectivity index (χ1) is 11.2. The number of unbranched alkanes of at least 4 members (excludes halogenated alkanes) is 9. The van der Waals surface area contributed by atoms with Gasteiger partial charge in [-0.05, 0) is 45.1 Å². The van der Waals surface area contributed by atoms with E-state index in [0.29, 0.717) is 12.5 Å². The minimum Gasteiger partial charge on any atom is -0.469 e. The van der Waals surface area contributed by atoms with Gasteiger partial charge in [0, 0.05) is 12.5 Å². The fourth-order valence-corrected chi connectivity index (χ4v) is 2.53. The molecule has 23 heavy (non-hydrogen) atoms. The predicted octanol–water partition coefficient (Wildman–Crippen LogP) is 5.39. The number of esters is 1. The van der Waals surface area contributed by atoms with Crippen molar-refractivity contribution in [3.63, 3.8) is 0 Å². The number of hydrogen-bond donors (Lipinski definition) is 1. The molecule has 3 heteroatoms. The van der Waals surface area contributed by atoms with Crippen LogP contribution in [0.3, 0.4) is 0 Å². The zero-order chi connectivity index (χ0) is 17.2. The van der Waals surface area contributed by atoms with Gasteiger partial charge < -0.3 is 10.1 Å². The zero-order valence-electron chi connectivity index (χ0n) is 15.7. The van der Waals surface area contributed by atoms with Crippen molar-refractivity contribution in [3.05, 3.63) is 12.2 Å². The third kappa shape index (κ3) is 19.1. The highest BCUT2D eigenvalue weighted by molar-refractivity contribution is 5.68. The number of rotatable bonds is 16. The highest BCUT2D eigenvalue weighted by Crippen LogP contribution is 2.10. The fourth-order valence-electron chi connectivity index (χ4n) is 2.53. The van der Waals surface area contributed by atoms with Crippen molar-refractivity contribution in [2.75, 3.05) is 13.7 Å². The molecule has 0 unspecified atom stereocenters. The van der Waals surface area contributed by atoms with Crippen LogP contribution in [0.15, 0.2) is 12.2 Å². The quantitative estimate of drug-likeness (QED) is 0.235. The van der Waals surface area contributed by atoms with Gasteiger partial charge >= 0.3 is 5.97 Å². The third-order valence-electron chi connectivity index (χ3n) is 4.00. The second-order valence-corrected chi connectivity index (χ2v) is 6.67. The molecular formula is C20H39NO2. The van der Waals surface area contributed by atoms with Crippen LogP contribution in [0.1, 0.15) is 90.9 Å². The summed E-state index contributed by atoms with van der Waals surface area (Å²) in [6, 6.07) is 0.610. The van der Waals surface area contributed by atoms with Crippen molar-refractivity contribution in [3.8, 4) is 0 Å². The fraction of sp³-hybridized carbons (Fsp3) is 0.850. The summed E-state index contributed by atoms with van der Waals surface area (Å²) in [4.78, 5) is 10.9. The van der Waals surface area contributed by atoms with Gasteiger partial charge in [-0.1, -0.05) is 58.1 Å². The standard InChI is InChI=1S/C20H39NO2/c1-19(2)21-18-16-14-12-10-8-6-4-5-7-9-11-13-15-17-20(22)23-3/h8,10,19,21H,4-7,9,11-18H2,1-3H3. The Morgan fingerprint density at radius 3 is 1.96 bits per heavy atom. The normalized spacial score (nSPS) is 11.5. The van der Waals surface area contributed by atoms with Crippen LogP contribution in [0.4, 0.5) is 0 Å². The highest BCUT2D eigenvalue weighted by Gasteiger charge is 1.98. The van der Waals surface area contributed by atoms with Gasteiger partial charge in [-0.25, -0.2) is 0 Å². The molecule has 0 saturated heterocycles. The van der Waals surface area contributed by atoms with Gasteiger partial charge in [-0.3, -0.25) is 4.79 Å². The summed E-state index contributed by atoms with van der Waals surface area (Å²) in [5.41, 5.74) is 0. The number of hydrogen-bond acceptors (Lipinski definition) is 3. The molecular weight excluding hydrogens is 286 g/mol. The summed E-state index contributed by atoms with van der Waals surface area (Å²) in [5, 5.41) is 3.45. The van der Waals surface area contributed by atoms with Crippen LogP contribution in [-0.2, 0) is 9.53 Å². The second kappa shape index (κ2) is 17.5. The minimum absolute atomic E-state index is 0.0760. The second-order valence-electron chi connectivity index (χ2n) is 6.67. The Morgan fingerprint density at radius 2 is 1.39 bits per heavy atom. The van der Waals surface area contributed by atoms with Crippen molar-refractivity contribution >= 4 is 5.97 Å². The number of methoxy groups -OCH3 is 1. The van der Waals surface area contributed by atoms with E-state index in [1.807, 2.05) is 0 Å². The van der Waals surface area contributed by atoms with Gasteiger partial charge in [0.15, 0.2) is 0 Å². The Bertz CT molecular complexity index is 287. The molecule has 0 aromatic carbocycles. The first-order valence-corrected chi connectivity index (χ1v) is 9.62. The Labute approximate surface area is 144 Å². The lowest BCUT2D eigenvalue weighted by Gasteiger charge is -2.06. The molecule has 0 radical (unpaired) electrons. The van der Waals surface area contributed by atoms with Crippen LogP contribution >= 0.6 is 0 Å². The monoisotopic (exact) mass is 325 g/mol. The van der Waals surface area contributed by atoms with Crippen molar-refractivity contribution in [1.29, 1.82) is 0 Å². The van der Waals surface area contributed by atoms with E-state index in [4.69, 9.17) is 0 Å². The first kappa shape index (κ1) is 22.2. The van der Waals surface area contributed by atoms with Crippen LogP contribution in [0, 0.1) is 0 Å². The number of nitrogens with one attached hydrogen (secondary N) is 1. The summed E-state index contributed by atoms with van der Waals surface area (Å²) >= 11 is 0. The van der Waals surface area contributed by atoms with Crippen LogP contribution in [-0.4, -0.2) is 25.7 Å². The number of carbonyl (C=O) groups is 1. The van der Waals surface area contributed by atoms with Crippen LogP contribution < -0.4 is 5.32 Å². The summed E-state index contributed by atoms with van der Waals surface area (Å²) in [7, 11) is 1.46. The molecule has 0 rings (SSSR count). The van der Waals surface area contributed by atoms with E-state index in [-0.39, 0.29) is 5.97 Å². The molecule has 3 nitrogen and oxygen atoms in total. The Hall–Kier alpha value is -0.830. The lowest BCUT2D eigenvalue weighted by atomic mass is 10.1. The van der Waals surface area contributed by atoms with Crippen molar-refractivity contribution in [2.45, 2.75) is 96.9 Å². The molecule has 0 aromatic rings. The Morgan fingerprint density at radius 1 is 0.870 bits per heavy atom. The first-order valence-electron chi connectivity index (χ1n) is 9.62. The van der Waals surface area contributed by atoms with Crippen LogP contribution in [0.2, 0.25) is 0 Å². The van der Waals surface area contributed by atoms with Crippen molar-refractivity contribution in [1.82, 2.24) is 5.32 Å². The van der Waals surface area contributed by atoms with Gasteiger partial charge in [0.2, 0.25) is 0 Å². The summed E-state index contributed by atoms with van der Waals surface area (Å²) in [5.74, 6) is -0.0760. The average Bonchev–Trinajstić information content (AvgIpc) is 2.53. The molecule has 0 aliphatic heterocycles. The largest absolute Gasteiger partial charge is 0.469 e. The lowest BCUT2D eigenvalue weighted by Crippen LogP contribution is -2.23. The Kier molecular flexibility index (Phi) is 16.9. The van der Waals surface area contributed by atoms with Gasteiger partial charge in [0.25, 0.3) is 0 Å². The van der Waals surface area contributed by atoms with E-state index < -0.39 is 0 Å². The topological polar surface area (TPSA) is 38.3 Å².